The second-order valence-corrected chi connectivity index (χ2v) is 10.5. The standard InChI is InChI=1S/C31H32F4N2O2/c1-18(2)21-11-13-22(14-12-21)28-24(29(38)36-23-15-10-19(3)25(17-23)31(33,34)35)8-6-16-37(28)30(39)27-20(4)7-5-9-26(27)32/h5,7,9-15,17-18,24,28H,6,8,16H2,1-4H3,(H,36,38)/t24-,28-/m0/s1. The summed E-state index contributed by atoms with van der Waals surface area (Å²) in [5.74, 6) is -2.13. The van der Waals surface area contributed by atoms with Crippen LogP contribution in [-0.4, -0.2) is 23.3 Å². The Morgan fingerprint density at radius 1 is 0.974 bits per heavy atom. The van der Waals surface area contributed by atoms with Crippen LogP contribution in [0.5, 0.6) is 0 Å². The quantitative estimate of drug-likeness (QED) is 0.336. The average molecular weight is 541 g/mol. The second kappa shape index (κ2) is 11.2. The van der Waals surface area contributed by atoms with Gasteiger partial charge in [-0.25, -0.2) is 4.39 Å². The molecule has 3 aromatic carbocycles. The summed E-state index contributed by atoms with van der Waals surface area (Å²) < 4.78 is 55.2. The van der Waals surface area contributed by atoms with Gasteiger partial charge < -0.3 is 10.2 Å². The molecule has 3 aromatic rings. The van der Waals surface area contributed by atoms with Crippen molar-refractivity contribution in [3.05, 3.63) is 99.9 Å². The first-order valence-corrected chi connectivity index (χ1v) is 13.0. The summed E-state index contributed by atoms with van der Waals surface area (Å²) >= 11 is 0. The van der Waals surface area contributed by atoms with E-state index in [0.717, 1.165) is 11.6 Å². The molecule has 1 saturated heterocycles. The molecule has 0 radical (unpaired) electrons. The fourth-order valence-electron chi connectivity index (χ4n) is 5.27. The van der Waals surface area contributed by atoms with E-state index in [9.17, 15) is 27.2 Å². The van der Waals surface area contributed by atoms with Gasteiger partial charge in [0, 0.05) is 12.2 Å². The van der Waals surface area contributed by atoms with Crippen molar-refractivity contribution < 1.29 is 27.2 Å². The van der Waals surface area contributed by atoms with E-state index < -0.39 is 41.3 Å². The van der Waals surface area contributed by atoms with Gasteiger partial charge in [0.1, 0.15) is 5.82 Å². The van der Waals surface area contributed by atoms with Crippen LogP contribution in [-0.2, 0) is 11.0 Å². The molecule has 0 aliphatic carbocycles. The number of halogens is 4. The van der Waals surface area contributed by atoms with E-state index in [2.05, 4.69) is 19.2 Å². The van der Waals surface area contributed by atoms with Crippen molar-refractivity contribution in [2.75, 3.05) is 11.9 Å². The van der Waals surface area contributed by atoms with Crippen LogP contribution in [0.25, 0.3) is 0 Å². The summed E-state index contributed by atoms with van der Waals surface area (Å²) in [5, 5.41) is 2.65. The van der Waals surface area contributed by atoms with E-state index in [4.69, 9.17) is 0 Å². The molecular formula is C31H32F4N2O2. The van der Waals surface area contributed by atoms with E-state index in [0.29, 0.717) is 30.5 Å². The molecule has 4 rings (SSSR count). The SMILES string of the molecule is Cc1ccc(NC(=O)[C@H]2CCCN(C(=O)c3c(C)cccc3F)[C@H]2c2ccc(C(C)C)cc2)cc1C(F)(F)F. The van der Waals surface area contributed by atoms with E-state index in [1.54, 1.807) is 13.0 Å². The van der Waals surface area contributed by atoms with Gasteiger partial charge in [-0.3, -0.25) is 9.59 Å². The Morgan fingerprint density at radius 2 is 1.67 bits per heavy atom. The van der Waals surface area contributed by atoms with Gasteiger partial charge in [-0.15, -0.1) is 0 Å². The van der Waals surface area contributed by atoms with Gasteiger partial charge in [0.25, 0.3) is 5.91 Å². The molecule has 0 saturated carbocycles. The van der Waals surface area contributed by atoms with Gasteiger partial charge in [-0.05, 0) is 73.1 Å². The highest BCUT2D eigenvalue weighted by Gasteiger charge is 2.41. The Kier molecular flexibility index (Phi) is 8.14. The van der Waals surface area contributed by atoms with Crippen molar-refractivity contribution in [2.24, 2.45) is 5.92 Å². The summed E-state index contributed by atoms with van der Waals surface area (Å²) in [6, 6.07) is 15.0. The van der Waals surface area contributed by atoms with Crippen molar-refractivity contribution in [3.63, 3.8) is 0 Å². The number of carbonyl (C=O) groups is 2. The minimum Gasteiger partial charge on any atom is -0.331 e. The molecule has 1 aliphatic heterocycles. The van der Waals surface area contributed by atoms with Gasteiger partial charge in [-0.2, -0.15) is 13.2 Å². The first-order chi connectivity index (χ1) is 18.4. The Hall–Kier alpha value is -3.68. The molecular weight excluding hydrogens is 508 g/mol. The highest BCUT2D eigenvalue weighted by Crippen LogP contribution is 2.39. The molecule has 1 aliphatic rings. The number of hydrogen-bond acceptors (Lipinski definition) is 2. The van der Waals surface area contributed by atoms with Crippen molar-refractivity contribution in [1.29, 1.82) is 0 Å². The van der Waals surface area contributed by atoms with Crippen LogP contribution in [0.15, 0.2) is 60.7 Å². The second-order valence-electron chi connectivity index (χ2n) is 10.5. The number of anilines is 1. The Morgan fingerprint density at radius 3 is 2.28 bits per heavy atom. The maximum absolute atomic E-state index is 14.8. The van der Waals surface area contributed by atoms with Gasteiger partial charge in [0.2, 0.25) is 5.91 Å². The summed E-state index contributed by atoms with van der Waals surface area (Å²) in [5.41, 5.74) is 1.49. The molecule has 1 heterocycles. The number of hydrogen-bond donors (Lipinski definition) is 1. The third-order valence-corrected chi connectivity index (χ3v) is 7.42. The van der Waals surface area contributed by atoms with Crippen LogP contribution in [0.3, 0.4) is 0 Å². The molecule has 4 nitrogen and oxygen atoms in total. The normalized spacial score (nSPS) is 17.8. The molecule has 8 heteroatoms. The van der Waals surface area contributed by atoms with Crippen molar-refractivity contribution in [2.45, 2.75) is 58.7 Å². The maximum Gasteiger partial charge on any atom is 0.416 e. The first kappa shape index (κ1) is 28.3. The van der Waals surface area contributed by atoms with E-state index in [1.165, 1.54) is 36.1 Å². The molecule has 0 unspecified atom stereocenters. The highest BCUT2D eigenvalue weighted by atomic mass is 19.4. The zero-order valence-electron chi connectivity index (χ0n) is 22.4. The third-order valence-electron chi connectivity index (χ3n) is 7.42. The molecule has 0 bridgehead atoms. The van der Waals surface area contributed by atoms with Crippen molar-refractivity contribution in [3.8, 4) is 0 Å². The molecule has 2 atom stereocenters. The zero-order chi connectivity index (χ0) is 28.5. The summed E-state index contributed by atoms with van der Waals surface area (Å²) in [6.07, 6.45) is -3.66. The summed E-state index contributed by atoms with van der Waals surface area (Å²) in [4.78, 5) is 28.9. The molecule has 2 amide bonds. The van der Waals surface area contributed by atoms with Gasteiger partial charge in [-0.1, -0.05) is 56.3 Å². The van der Waals surface area contributed by atoms with Gasteiger partial charge in [0.05, 0.1) is 23.1 Å². The first-order valence-electron chi connectivity index (χ1n) is 13.0. The maximum atomic E-state index is 14.8. The van der Waals surface area contributed by atoms with Gasteiger partial charge in [0.15, 0.2) is 0 Å². The lowest BCUT2D eigenvalue weighted by Crippen LogP contribution is -2.46. The van der Waals surface area contributed by atoms with Crippen LogP contribution < -0.4 is 5.32 Å². The lowest BCUT2D eigenvalue weighted by atomic mass is 9.82. The minimum atomic E-state index is -4.56. The van der Waals surface area contributed by atoms with Crippen LogP contribution in [0.1, 0.15) is 76.8 Å². The molecule has 206 valence electrons. The predicted molar refractivity (Wildman–Crippen MR) is 143 cm³/mol. The zero-order valence-corrected chi connectivity index (χ0v) is 22.4. The Bertz CT molecular complexity index is 1350. The lowest BCUT2D eigenvalue weighted by Gasteiger charge is -2.41. The summed E-state index contributed by atoms with van der Waals surface area (Å²) in [6.45, 7) is 7.45. The van der Waals surface area contributed by atoms with Crippen LogP contribution >= 0.6 is 0 Å². The fraction of sp³-hybridized carbons (Fsp3) is 0.355. The van der Waals surface area contributed by atoms with E-state index in [-0.39, 0.29) is 22.7 Å². The number of nitrogens with zero attached hydrogens (tertiary/aromatic N) is 1. The number of likely N-dealkylation sites (tertiary alicyclic amines) is 1. The molecule has 1 fully saturated rings. The average Bonchev–Trinajstić information content (AvgIpc) is 2.88. The number of benzene rings is 3. The number of piperidine rings is 1. The number of carbonyl (C=O) groups excluding carboxylic acids is 2. The fourth-order valence-corrected chi connectivity index (χ4v) is 5.27. The number of alkyl halides is 3. The van der Waals surface area contributed by atoms with Crippen LogP contribution in [0.4, 0.5) is 23.2 Å². The Balaban J connectivity index is 1.73. The number of amides is 2. The highest BCUT2D eigenvalue weighted by molar-refractivity contribution is 5.98. The number of rotatable bonds is 5. The third kappa shape index (κ3) is 6.00. The lowest BCUT2D eigenvalue weighted by molar-refractivity contribution is -0.138. The topological polar surface area (TPSA) is 49.4 Å². The molecule has 0 spiro atoms. The van der Waals surface area contributed by atoms with E-state index in [1.807, 2.05) is 24.3 Å². The largest absolute Gasteiger partial charge is 0.416 e. The van der Waals surface area contributed by atoms with Gasteiger partial charge >= 0.3 is 6.18 Å². The smallest absolute Gasteiger partial charge is 0.331 e. The van der Waals surface area contributed by atoms with Crippen molar-refractivity contribution >= 4 is 17.5 Å². The minimum absolute atomic E-state index is 0.0280. The van der Waals surface area contributed by atoms with E-state index >= 15 is 0 Å². The Labute approximate surface area is 226 Å². The number of nitrogens with one attached hydrogen (secondary N) is 1. The molecule has 0 aromatic heterocycles. The van der Waals surface area contributed by atoms with Crippen LogP contribution in [0, 0.1) is 25.6 Å². The number of aryl methyl sites for hydroxylation is 2. The summed E-state index contributed by atoms with van der Waals surface area (Å²) in [7, 11) is 0. The predicted octanol–water partition coefficient (Wildman–Crippen LogP) is 7.82. The van der Waals surface area contributed by atoms with Crippen LogP contribution in [0.2, 0.25) is 0 Å². The monoisotopic (exact) mass is 540 g/mol. The molecule has 39 heavy (non-hydrogen) atoms. The van der Waals surface area contributed by atoms with Crippen molar-refractivity contribution in [1.82, 2.24) is 4.90 Å². The molecule has 1 N–H and O–H groups in total.